The van der Waals surface area contributed by atoms with Gasteiger partial charge in [-0.05, 0) is 0 Å². The summed E-state index contributed by atoms with van der Waals surface area (Å²) in [6.07, 6.45) is 0. The van der Waals surface area contributed by atoms with Crippen LogP contribution in [0.3, 0.4) is 0 Å². The normalized spacial score (nSPS) is 1.20. The van der Waals surface area contributed by atoms with Crippen molar-refractivity contribution in [3.05, 3.63) is 0 Å². The van der Waals surface area contributed by atoms with E-state index in [1.54, 1.807) is 0 Å². The first-order valence-electron chi connectivity index (χ1n) is 1.00. The summed E-state index contributed by atoms with van der Waals surface area (Å²) in [4.78, 5) is 0. The Labute approximate surface area is 55.5 Å². The molecule has 0 unspecified atom stereocenters. The molecule has 0 aromatic carbocycles. The van der Waals surface area contributed by atoms with Gasteiger partial charge in [0.25, 0.3) is 0 Å². The van der Waals surface area contributed by atoms with E-state index in [4.69, 9.17) is 0 Å². The summed E-state index contributed by atoms with van der Waals surface area (Å²) < 4.78 is 0. The van der Waals surface area contributed by atoms with Gasteiger partial charge in [0.15, 0.2) is 0 Å². The molecule has 3 heteroatoms. The Balaban J connectivity index is -0.00000000167. The van der Waals surface area contributed by atoms with Gasteiger partial charge >= 0.3 is 0 Å². The fourth-order valence-electron chi connectivity index (χ4n) is 0. The minimum atomic E-state index is 0. The molecule has 0 amide bonds. The Hall–Kier alpha value is 1.07. The Morgan fingerprint density at radius 3 is 0.800 bits per heavy atom. The molecule has 0 nitrogen and oxygen atoms in total. The number of rotatable bonds is 0. The third-order valence-electron chi connectivity index (χ3n) is 0. The average Bonchev–Trinajstić information content (AvgIpc) is 1.00. The second kappa shape index (κ2) is 73.1. The van der Waals surface area contributed by atoms with Crippen LogP contribution in [0.4, 0.5) is 0 Å². The summed E-state index contributed by atoms with van der Waals surface area (Å²) in [5.41, 5.74) is 0. The SMILES string of the molecule is CC.Cl.Cl.[Ni]. The van der Waals surface area contributed by atoms with Gasteiger partial charge in [0.2, 0.25) is 0 Å². The van der Waals surface area contributed by atoms with Crippen LogP contribution < -0.4 is 0 Å². The molecule has 0 aliphatic rings. The fraction of sp³-hybridized carbons (Fsp3) is 1.00. The molecule has 0 atom stereocenters. The Bertz CT molecular complexity index is 7.61. The van der Waals surface area contributed by atoms with Crippen molar-refractivity contribution < 1.29 is 16.5 Å². The minimum Gasteiger partial charge on any atom is -0.147 e. The van der Waals surface area contributed by atoms with E-state index in [1.165, 1.54) is 0 Å². The van der Waals surface area contributed by atoms with Gasteiger partial charge in [0.1, 0.15) is 0 Å². The molecule has 0 aliphatic carbocycles. The van der Waals surface area contributed by atoms with E-state index in [9.17, 15) is 0 Å². The molecule has 0 rings (SSSR count). The van der Waals surface area contributed by atoms with Crippen LogP contribution >= 0.6 is 24.8 Å². The van der Waals surface area contributed by atoms with E-state index in [0.29, 0.717) is 0 Å². The quantitative estimate of drug-likeness (QED) is 0.476. The second-order valence-electron chi connectivity index (χ2n) is 0. The van der Waals surface area contributed by atoms with Crippen LogP contribution in [0.2, 0.25) is 0 Å². The molecule has 0 bridgehead atoms. The third kappa shape index (κ3) is 41.6. The van der Waals surface area contributed by atoms with Crippen molar-refractivity contribution in [1.29, 1.82) is 0 Å². The number of hydrogen-bond acceptors (Lipinski definition) is 0. The van der Waals surface area contributed by atoms with Gasteiger partial charge in [-0.1, -0.05) is 13.8 Å². The zero-order chi connectivity index (χ0) is 2.00. The van der Waals surface area contributed by atoms with Crippen molar-refractivity contribution in [2.45, 2.75) is 13.8 Å². The molecule has 0 aromatic heterocycles. The molecular weight excluding hydrogens is 154 g/mol. The largest absolute Gasteiger partial charge is 0.147 e. The molecule has 0 saturated carbocycles. The molecule has 0 saturated heterocycles. The number of hydrogen-bond donors (Lipinski definition) is 0. The average molecular weight is 162 g/mol. The zero-order valence-electron chi connectivity index (χ0n) is 3.13. The van der Waals surface area contributed by atoms with Crippen molar-refractivity contribution in [2.75, 3.05) is 0 Å². The zero-order valence-corrected chi connectivity index (χ0v) is 5.75. The molecule has 0 N–H and O–H groups in total. The summed E-state index contributed by atoms with van der Waals surface area (Å²) in [5, 5.41) is 0. The molecule has 0 aromatic rings. The van der Waals surface area contributed by atoms with Crippen LogP contribution in [-0.2, 0) is 16.5 Å². The standard InChI is InChI=1S/C2H6.2ClH.Ni/c1-2;;;/h1-2H3;2*1H;. The summed E-state index contributed by atoms with van der Waals surface area (Å²) >= 11 is 0. The predicted molar refractivity (Wildman–Crippen MR) is 25.8 cm³/mol. The van der Waals surface area contributed by atoms with E-state index in [2.05, 4.69) is 0 Å². The summed E-state index contributed by atoms with van der Waals surface area (Å²) in [6.45, 7) is 4.00. The fourth-order valence-corrected chi connectivity index (χ4v) is 0. The molecule has 0 fully saturated rings. The third-order valence-corrected chi connectivity index (χ3v) is 0. The Morgan fingerprint density at radius 1 is 0.800 bits per heavy atom. The topological polar surface area (TPSA) is 0 Å². The first-order chi connectivity index (χ1) is 1.00. The summed E-state index contributed by atoms with van der Waals surface area (Å²) in [5.74, 6) is 0. The maximum absolute atomic E-state index is 2.00. The van der Waals surface area contributed by atoms with Gasteiger partial charge in [-0.2, -0.15) is 0 Å². The smallest absolute Gasteiger partial charge is 0 e. The van der Waals surface area contributed by atoms with E-state index in [1.807, 2.05) is 13.8 Å². The first kappa shape index (κ1) is 36.4. The van der Waals surface area contributed by atoms with E-state index in [0.717, 1.165) is 0 Å². The van der Waals surface area contributed by atoms with Gasteiger partial charge in [-0.3, -0.25) is 0 Å². The van der Waals surface area contributed by atoms with Gasteiger partial charge in [0.05, 0.1) is 0 Å². The van der Waals surface area contributed by atoms with E-state index < -0.39 is 0 Å². The van der Waals surface area contributed by atoms with Gasteiger partial charge < -0.3 is 0 Å². The molecule has 0 heterocycles. The molecule has 5 heavy (non-hydrogen) atoms. The first-order valence-corrected chi connectivity index (χ1v) is 1.00. The Kier molecular flexibility index (Phi) is 531. The van der Waals surface area contributed by atoms with Crippen molar-refractivity contribution in [3.63, 3.8) is 0 Å². The van der Waals surface area contributed by atoms with Crippen molar-refractivity contribution in [3.8, 4) is 0 Å². The van der Waals surface area contributed by atoms with Crippen LogP contribution in [0.15, 0.2) is 0 Å². The minimum absolute atomic E-state index is 0. The molecular formula is C2H8Cl2Ni. The monoisotopic (exact) mass is 160 g/mol. The molecule has 0 radical (unpaired) electrons. The van der Waals surface area contributed by atoms with Crippen LogP contribution in [-0.4, -0.2) is 0 Å². The van der Waals surface area contributed by atoms with E-state index in [-0.39, 0.29) is 41.3 Å². The number of halogens is 2. The predicted octanol–water partition coefficient (Wildman–Crippen LogP) is 1.87. The summed E-state index contributed by atoms with van der Waals surface area (Å²) in [6, 6.07) is 0. The maximum atomic E-state index is 2.00. The van der Waals surface area contributed by atoms with Crippen molar-refractivity contribution in [2.24, 2.45) is 0 Å². The molecule has 0 aliphatic heterocycles. The molecule has 40 valence electrons. The van der Waals surface area contributed by atoms with Crippen molar-refractivity contribution in [1.82, 2.24) is 0 Å². The van der Waals surface area contributed by atoms with Gasteiger partial charge in [-0.15, -0.1) is 24.8 Å². The second-order valence-corrected chi connectivity index (χ2v) is 0. The van der Waals surface area contributed by atoms with Gasteiger partial charge in [-0.25, -0.2) is 0 Å². The summed E-state index contributed by atoms with van der Waals surface area (Å²) in [7, 11) is 0. The maximum Gasteiger partial charge on any atom is 0 e. The van der Waals surface area contributed by atoms with Crippen LogP contribution in [0.1, 0.15) is 13.8 Å². The van der Waals surface area contributed by atoms with Crippen LogP contribution in [0, 0.1) is 0 Å². The van der Waals surface area contributed by atoms with Crippen LogP contribution in [0.25, 0.3) is 0 Å². The Morgan fingerprint density at radius 2 is 0.800 bits per heavy atom. The van der Waals surface area contributed by atoms with E-state index >= 15 is 0 Å². The van der Waals surface area contributed by atoms with Crippen LogP contribution in [0.5, 0.6) is 0 Å². The van der Waals surface area contributed by atoms with Gasteiger partial charge in [0, 0.05) is 16.5 Å². The van der Waals surface area contributed by atoms with Crippen molar-refractivity contribution >= 4 is 24.8 Å². The molecule has 0 spiro atoms.